The van der Waals surface area contributed by atoms with Crippen molar-refractivity contribution in [3.05, 3.63) is 29.6 Å². The topological polar surface area (TPSA) is 62.2 Å². The second kappa shape index (κ2) is 5.41. The van der Waals surface area contributed by atoms with E-state index in [0.29, 0.717) is 17.2 Å². The Kier molecular flexibility index (Phi) is 3.87. The molecule has 100 valence electrons. The van der Waals surface area contributed by atoms with Crippen LogP contribution >= 0.6 is 0 Å². The van der Waals surface area contributed by atoms with Crippen molar-refractivity contribution in [1.82, 2.24) is 10.3 Å². The normalized spacial score (nSPS) is 14.5. The fourth-order valence-electron chi connectivity index (χ4n) is 1.42. The molecule has 1 heterocycles. The van der Waals surface area contributed by atoms with E-state index in [1.165, 1.54) is 19.0 Å². The average molecular weight is 258 g/mol. The molecule has 0 unspecified atom stereocenters. The average Bonchev–Trinajstić information content (AvgIpc) is 3.20. The molecular formula is C15H18N2O2. The van der Waals surface area contributed by atoms with Crippen LogP contribution in [-0.2, 0) is 0 Å². The van der Waals surface area contributed by atoms with Gasteiger partial charge in [-0.3, -0.25) is 4.79 Å². The van der Waals surface area contributed by atoms with E-state index < -0.39 is 5.54 Å². The number of nitrogens with one attached hydrogen (secondary N) is 1. The van der Waals surface area contributed by atoms with E-state index >= 15 is 0 Å². The fraction of sp³-hybridized carbons (Fsp3) is 0.467. The molecule has 0 aromatic carbocycles. The highest BCUT2D eigenvalue weighted by atomic mass is 16.3. The molecule has 0 atom stereocenters. The third-order valence-electron chi connectivity index (χ3n) is 2.85. The number of hydrogen-bond donors (Lipinski definition) is 2. The zero-order valence-electron chi connectivity index (χ0n) is 11.2. The Labute approximate surface area is 113 Å². The Balaban J connectivity index is 2.01. The highest BCUT2D eigenvalue weighted by Crippen LogP contribution is 2.27. The highest BCUT2D eigenvalue weighted by Gasteiger charge is 2.20. The summed E-state index contributed by atoms with van der Waals surface area (Å²) in [6.45, 7) is 3.40. The van der Waals surface area contributed by atoms with Gasteiger partial charge >= 0.3 is 0 Å². The largest absolute Gasteiger partial charge is 0.394 e. The predicted molar refractivity (Wildman–Crippen MR) is 72.5 cm³/mol. The van der Waals surface area contributed by atoms with Crippen molar-refractivity contribution in [3.63, 3.8) is 0 Å². The standard InChI is InChI=1S/C15H18N2O2/c1-15(2,10-18)17-14(19)12-6-8-13(16-9-12)7-5-11-3-4-11/h6,8-9,11,18H,3-4,10H2,1-2H3,(H,17,19). The van der Waals surface area contributed by atoms with Crippen molar-refractivity contribution in [2.45, 2.75) is 32.2 Å². The summed E-state index contributed by atoms with van der Waals surface area (Å²) < 4.78 is 0. The number of aliphatic hydroxyl groups is 1. The fourth-order valence-corrected chi connectivity index (χ4v) is 1.42. The van der Waals surface area contributed by atoms with E-state index in [0.717, 1.165) is 0 Å². The van der Waals surface area contributed by atoms with Crippen LogP contribution in [0.4, 0.5) is 0 Å². The molecule has 0 bridgehead atoms. The molecule has 0 aliphatic heterocycles. The molecule has 1 aromatic rings. The molecule has 0 radical (unpaired) electrons. The van der Waals surface area contributed by atoms with Gasteiger partial charge in [0.05, 0.1) is 17.7 Å². The zero-order chi connectivity index (χ0) is 13.9. The van der Waals surface area contributed by atoms with Gasteiger partial charge in [-0.1, -0.05) is 5.92 Å². The van der Waals surface area contributed by atoms with Crippen LogP contribution in [0.15, 0.2) is 18.3 Å². The monoisotopic (exact) mass is 258 g/mol. The molecule has 1 fully saturated rings. The molecule has 1 aliphatic rings. The van der Waals surface area contributed by atoms with Crippen molar-refractivity contribution in [1.29, 1.82) is 0 Å². The first-order chi connectivity index (χ1) is 9.00. The molecule has 2 N–H and O–H groups in total. The Bertz CT molecular complexity index is 519. The molecule has 1 amide bonds. The van der Waals surface area contributed by atoms with Gasteiger partial charge in [0.15, 0.2) is 0 Å². The van der Waals surface area contributed by atoms with E-state index in [2.05, 4.69) is 22.1 Å². The van der Waals surface area contributed by atoms with Crippen LogP contribution in [0.1, 0.15) is 42.7 Å². The highest BCUT2D eigenvalue weighted by molar-refractivity contribution is 5.94. The Morgan fingerprint density at radius 3 is 2.79 bits per heavy atom. The molecule has 2 rings (SSSR count). The molecule has 1 saturated carbocycles. The number of carbonyl (C=O) groups excluding carboxylic acids is 1. The lowest BCUT2D eigenvalue weighted by Crippen LogP contribution is -2.46. The van der Waals surface area contributed by atoms with Gasteiger partial charge in [0.25, 0.3) is 5.91 Å². The maximum Gasteiger partial charge on any atom is 0.253 e. The molecule has 0 saturated heterocycles. The van der Waals surface area contributed by atoms with Gasteiger partial charge in [-0.25, -0.2) is 4.98 Å². The summed E-state index contributed by atoms with van der Waals surface area (Å²) in [5, 5.41) is 11.9. The first-order valence-electron chi connectivity index (χ1n) is 6.41. The second-order valence-corrected chi connectivity index (χ2v) is 5.47. The summed E-state index contributed by atoms with van der Waals surface area (Å²) in [6.07, 6.45) is 3.88. The quantitative estimate of drug-likeness (QED) is 0.804. The van der Waals surface area contributed by atoms with Crippen LogP contribution in [0.2, 0.25) is 0 Å². The van der Waals surface area contributed by atoms with Crippen LogP contribution in [0.5, 0.6) is 0 Å². The Hall–Kier alpha value is -1.86. The first kappa shape index (κ1) is 13.6. The van der Waals surface area contributed by atoms with Crippen molar-refractivity contribution in [2.24, 2.45) is 5.92 Å². The Morgan fingerprint density at radius 1 is 1.53 bits per heavy atom. The van der Waals surface area contributed by atoms with Crippen LogP contribution in [0, 0.1) is 17.8 Å². The number of nitrogens with zero attached hydrogens (tertiary/aromatic N) is 1. The third-order valence-corrected chi connectivity index (χ3v) is 2.85. The number of aliphatic hydroxyl groups excluding tert-OH is 1. The number of rotatable bonds is 3. The smallest absolute Gasteiger partial charge is 0.253 e. The van der Waals surface area contributed by atoms with E-state index in [1.54, 1.807) is 26.0 Å². The minimum absolute atomic E-state index is 0.114. The van der Waals surface area contributed by atoms with Crippen LogP contribution < -0.4 is 5.32 Å². The summed E-state index contributed by atoms with van der Waals surface area (Å²) in [7, 11) is 0. The molecular weight excluding hydrogens is 240 g/mol. The van der Waals surface area contributed by atoms with Crippen LogP contribution in [0.25, 0.3) is 0 Å². The molecule has 1 aromatic heterocycles. The SMILES string of the molecule is CC(C)(CO)NC(=O)c1ccc(C#CC2CC2)nc1. The van der Waals surface area contributed by atoms with Crippen molar-refractivity contribution >= 4 is 5.91 Å². The maximum atomic E-state index is 11.9. The van der Waals surface area contributed by atoms with Gasteiger partial charge in [0.1, 0.15) is 5.69 Å². The van der Waals surface area contributed by atoms with Gasteiger partial charge in [-0.05, 0) is 44.7 Å². The summed E-state index contributed by atoms with van der Waals surface area (Å²) in [6, 6.07) is 3.45. The van der Waals surface area contributed by atoms with Gasteiger partial charge < -0.3 is 10.4 Å². The molecule has 4 nitrogen and oxygen atoms in total. The first-order valence-corrected chi connectivity index (χ1v) is 6.41. The van der Waals surface area contributed by atoms with Crippen molar-refractivity contribution < 1.29 is 9.90 Å². The van der Waals surface area contributed by atoms with Crippen molar-refractivity contribution in [2.75, 3.05) is 6.61 Å². The van der Waals surface area contributed by atoms with Gasteiger partial charge in [-0.15, -0.1) is 0 Å². The minimum atomic E-state index is -0.637. The number of pyridine rings is 1. The lowest BCUT2D eigenvalue weighted by Gasteiger charge is -2.23. The van der Waals surface area contributed by atoms with E-state index in [9.17, 15) is 4.79 Å². The van der Waals surface area contributed by atoms with Crippen LogP contribution in [-0.4, -0.2) is 28.1 Å². The summed E-state index contributed by atoms with van der Waals surface area (Å²) in [5.74, 6) is 6.42. The summed E-state index contributed by atoms with van der Waals surface area (Å²) >= 11 is 0. The molecule has 0 spiro atoms. The zero-order valence-corrected chi connectivity index (χ0v) is 11.2. The predicted octanol–water partition coefficient (Wildman–Crippen LogP) is 1.34. The van der Waals surface area contributed by atoms with Crippen molar-refractivity contribution in [3.8, 4) is 11.8 Å². The molecule has 19 heavy (non-hydrogen) atoms. The van der Waals surface area contributed by atoms with Gasteiger partial charge in [0, 0.05) is 12.1 Å². The summed E-state index contributed by atoms with van der Waals surface area (Å²) in [5.41, 5.74) is 0.519. The van der Waals surface area contributed by atoms with Gasteiger partial charge in [0.2, 0.25) is 0 Å². The number of amides is 1. The summed E-state index contributed by atoms with van der Waals surface area (Å²) in [4.78, 5) is 16.1. The number of hydrogen-bond acceptors (Lipinski definition) is 3. The molecule has 4 heteroatoms. The number of carbonyl (C=O) groups is 1. The number of aromatic nitrogens is 1. The maximum absolute atomic E-state index is 11.9. The molecule has 1 aliphatic carbocycles. The Morgan fingerprint density at radius 2 is 2.26 bits per heavy atom. The van der Waals surface area contributed by atoms with Crippen LogP contribution in [0.3, 0.4) is 0 Å². The lowest BCUT2D eigenvalue weighted by molar-refractivity contribution is 0.0869. The third kappa shape index (κ3) is 4.08. The van der Waals surface area contributed by atoms with E-state index in [4.69, 9.17) is 5.11 Å². The van der Waals surface area contributed by atoms with Gasteiger partial charge in [-0.2, -0.15) is 0 Å². The lowest BCUT2D eigenvalue weighted by atomic mass is 10.1. The van der Waals surface area contributed by atoms with E-state index in [-0.39, 0.29) is 12.5 Å². The minimum Gasteiger partial charge on any atom is -0.394 e. The second-order valence-electron chi connectivity index (χ2n) is 5.47. The van der Waals surface area contributed by atoms with E-state index in [1.807, 2.05) is 0 Å².